The summed E-state index contributed by atoms with van der Waals surface area (Å²) in [6, 6.07) is 7.65. The number of amides is 2. The van der Waals surface area contributed by atoms with E-state index >= 15 is 0 Å². The normalized spacial score (nSPS) is 16.6. The number of hydrogen-bond acceptors (Lipinski definition) is 4. The van der Waals surface area contributed by atoms with Gasteiger partial charge in [0.2, 0.25) is 5.91 Å². The molecule has 7 heteroatoms. The van der Waals surface area contributed by atoms with E-state index in [9.17, 15) is 9.59 Å². The lowest BCUT2D eigenvalue weighted by Crippen LogP contribution is -2.54. The van der Waals surface area contributed by atoms with Gasteiger partial charge in [-0.05, 0) is 25.5 Å². The molecule has 2 rings (SSSR count). The summed E-state index contributed by atoms with van der Waals surface area (Å²) in [5.74, 6) is 0.575. The molecule has 1 aliphatic rings. The second kappa shape index (κ2) is 9.63. The predicted octanol–water partition coefficient (Wildman–Crippen LogP) is 1.45. The van der Waals surface area contributed by atoms with Crippen molar-refractivity contribution in [2.24, 2.45) is 11.7 Å². The summed E-state index contributed by atoms with van der Waals surface area (Å²) in [5, 5.41) is 0. The molecule has 1 aromatic carbocycles. The van der Waals surface area contributed by atoms with Crippen LogP contribution in [-0.4, -0.2) is 60.4 Å². The molecular formula is C18H28ClN3O3. The Kier molecular flexibility index (Phi) is 8.19. The van der Waals surface area contributed by atoms with Crippen LogP contribution in [0.1, 0.15) is 19.4 Å². The summed E-state index contributed by atoms with van der Waals surface area (Å²) < 4.78 is 5.80. The monoisotopic (exact) mass is 369 g/mol. The zero-order chi connectivity index (χ0) is 17.7. The van der Waals surface area contributed by atoms with Gasteiger partial charge in [0.15, 0.2) is 6.10 Å². The molecule has 2 unspecified atom stereocenters. The summed E-state index contributed by atoms with van der Waals surface area (Å²) in [4.78, 5) is 28.2. The van der Waals surface area contributed by atoms with E-state index in [0.717, 1.165) is 11.3 Å². The van der Waals surface area contributed by atoms with Crippen LogP contribution in [0.2, 0.25) is 0 Å². The molecule has 1 fully saturated rings. The molecular weight excluding hydrogens is 342 g/mol. The Hall–Kier alpha value is -1.79. The molecule has 1 aromatic rings. The van der Waals surface area contributed by atoms with Crippen molar-refractivity contribution in [3.8, 4) is 5.75 Å². The Morgan fingerprint density at radius 1 is 1.08 bits per heavy atom. The Bertz CT molecular complexity index is 589. The van der Waals surface area contributed by atoms with E-state index in [1.807, 2.05) is 38.1 Å². The average Bonchev–Trinajstić information content (AvgIpc) is 2.61. The first kappa shape index (κ1) is 21.3. The number of carbonyl (C=O) groups is 2. The van der Waals surface area contributed by atoms with Crippen LogP contribution in [0, 0.1) is 12.8 Å². The zero-order valence-corrected chi connectivity index (χ0v) is 15.9. The van der Waals surface area contributed by atoms with Crippen LogP contribution < -0.4 is 10.5 Å². The third kappa shape index (κ3) is 5.34. The molecule has 0 saturated carbocycles. The zero-order valence-electron chi connectivity index (χ0n) is 15.1. The minimum absolute atomic E-state index is 0. The van der Waals surface area contributed by atoms with Gasteiger partial charge in [-0.3, -0.25) is 9.59 Å². The number of rotatable bonds is 5. The number of carbonyl (C=O) groups excluding carboxylic acids is 2. The first-order valence-electron chi connectivity index (χ1n) is 8.44. The second-order valence-electron chi connectivity index (χ2n) is 6.31. The van der Waals surface area contributed by atoms with Gasteiger partial charge in [0, 0.05) is 38.6 Å². The van der Waals surface area contributed by atoms with E-state index in [-0.39, 0.29) is 30.1 Å². The smallest absolute Gasteiger partial charge is 0.263 e. The van der Waals surface area contributed by atoms with Crippen LogP contribution in [0.5, 0.6) is 5.75 Å². The molecule has 0 bridgehead atoms. The van der Waals surface area contributed by atoms with Crippen molar-refractivity contribution in [3.05, 3.63) is 29.8 Å². The maximum Gasteiger partial charge on any atom is 0.263 e. The van der Waals surface area contributed by atoms with E-state index in [4.69, 9.17) is 10.5 Å². The van der Waals surface area contributed by atoms with Gasteiger partial charge in [-0.1, -0.05) is 25.1 Å². The van der Waals surface area contributed by atoms with E-state index in [0.29, 0.717) is 32.7 Å². The van der Waals surface area contributed by atoms with Crippen LogP contribution in [0.25, 0.3) is 0 Å². The van der Waals surface area contributed by atoms with Gasteiger partial charge < -0.3 is 20.3 Å². The van der Waals surface area contributed by atoms with Crippen LogP contribution in [-0.2, 0) is 9.59 Å². The quantitative estimate of drug-likeness (QED) is 0.852. The fourth-order valence-corrected chi connectivity index (χ4v) is 2.75. The second-order valence-corrected chi connectivity index (χ2v) is 6.31. The number of hydrogen-bond donors (Lipinski definition) is 1. The molecule has 0 spiro atoms. The molecule has 0 radical (unpaired) electrons. The van der Waals surface area contributed by atoms with Gasteiger partial charge in [0.1, 0.15) is 5.75 Å². The van der Waals surface area contributed by atoms with Crippen molar-refractivity contribution < 1.29 is 14.3 Å². The molecule has 140 valence electrons. The lowest BCUT2D eigenvalue weighted by molar-refractivity contribution is -0.145. The average molecular weight is 370 g/mol. The molecule has 1 saturated heterocycles. The van der Waals surface area contributed by atoms with Crippen LogP contribution in [0.15, 0.2) is 24.3 Å². The van der Waals surface area contributed by atoms with Gasteiger partial charge in [0.25, 0.3) is 5.91 Å². The standard InChI is InChI=1S/C18H27N3O3.ClH/c1-13-6-4-5-7-16(13)24-15(3)18(23)21-10-8-20(9-11-21)17(22)14(2)12-19;/h4-7,14-15H,8-12,19H2,1-3H3;1H. The lowest BCUT2D eigenvalue weighted by atomic mass is 10.1. The van der Waals surface area contributed by atoms with E-state index < -0.39 is 6.10 Å². The first-order chi connectivity index (χ1) is 11.4. The number of aryl methyl sites for hydroxylation is 1. The van der Waals surface area contributed by atoms with Crippen LogP contribution in [0.3, 0.4) is 0 Å². The lowest BCUT2D eigenvalue weighted by Gasteiger charge is -2.36. The topological polar surface area (TPSA) is 75.9 Å². The van der Waals surface area contributed by atoms with Gasteiger partial charge in [-0.25, -0.2) is 0 Å². The molecule has 25 heavy (non-hydrogen) atoms. The summed E-state index contributed by atoms with van der Waals surface area (Å²) >= 11 is 0. The molecule has 6 nitrogen and oxygen atoms in total. The van der Waals surface area contributed by atoms with Gasteiger partial charge >= 0.3 is 0 Å². The van der Waals surface area contributed by atoms with Crippen LogP contribution >= 0.6 is 12.4 Å². The van der Waals surface area contributed by atoms with Gasteiger partial charge in [-0.15, -0.1) is 12.4 Å². The van der Waals surface area contributed by atoms with E-state index in [1.54, 1.807) is 16.7 Å². The molecule has 2 atom stereocenters. The summed E-state index contributed by atoms with van der Waals surface area (Å²) in [5.41, 5.74) is 6.55. The highest BCUT2D eigenvalue weighted by Crippen LogP contribution is 2.19. The minimum atomic E-state index is -0.545. The third-order valence-corrected chi connectivity index (χ3v) is 4.42. The van der Waals surface area contributed by atoms with E-state index in [2.05, 4.69) is 0 Å². The Morgan fingerprint density at radius 3 is 2.12 bits per heavy atom. The number of nitrogens with two attached hydrogens (primary N) is 1. The van der Waals surface area contributed by atoms with Gasteiger partial charge in [0.05, 0.1) is 0 Å². The first-order valence-corrected chi connectivity index (χ1v) is 8.44. The number of benzene rings is 1. The van der Waals surface area contributed by atoms with Crippen LogP contribution in [0.4, 0.5) is 0 Å². The third-order valence-electron chi connectivity index (χ3n) is 4.42. The Balaban J connectivity index is 0.00000312. The molecule has 1 aliphatic heterocycles. The highest BCUT2D eigenvalue weighted by Gasteiger charge is 2.29. The molecule has 1 heterocycles. The molecule has 0 aromatic heterocycles. The molecule has 2 N–H and O–H groups in total. The maximum absolute atomic E-state index is 12.6. The molecule has 0 aliphatic carbocycles. The maximum atomic E-state index is 12.6. The van der Waals surface area contributed by atoms with Crippen molar-refractivity contribution in [3.63, 3.8) is 0 Å². The SMILES string of the molecule is Cc1ccccc1OC(C)C(=O)N1CCN(C(=O)C(C)CN)CC1.Cl. The number of ether oxygens (including phenoxy) is 1. The van der Waals surface area contributed by atoms with Crippen molar-refractivity contribution in [2.45, 2.75) is 26.9 Å². The van der Waals surface area contributed by atoms with Crippen molar-refractivity contribution in [1.29, 1.82) is 0 Å². The van der Waals surface area contributed by atoms with E-state index in [1.165, 1.54) is 0 Å². The number of halogens is 1. The fourth-order valence-electron chi connectivity index (χ4n) is 2.75. The number of para-hydroxylation sites is 1. The Labute approximate surface area is 155 Å². The fraction of sp³-hybridized carbons (Fsp3) is 0.556. The number of piperazine rings is 1. The summed E-state index contributed by atoms with van der Waals surface area (Å²) in [6.07, 6.45) is -0.545. The minimum Gasteiger partial charge on any atom is -0.481 e. The number of nitrogens with zero attached hydrogens (tertiary/aromatic N) is 2. The van der Waals surface area contributed by atoms with Crippen molar-refractivity contribution in [1.82, 2.24) is 9.80 Å². The highest BCUT2D eigenvalue weighted by molar-refractivity contribution is 5.85. The molecule has 2 amide bonds. The summed E-state index contributed by atoms with van der Waals surface area (Å²) in [7, 11) is 0. The largest absolute Gasteiger partial charge is 0.481 e. The predicted molar refractivity (Wildman–Crippen MR) is 99.9 cm³/mol. The summed E-state index contributed by atoms with van der Waals surface area (Å²) in [6.45, 7) is 8.06. The highest BCUT2D eigenvalue weighted by atomic mass is 35.5. The van der Waals surface area contributed by atoms with Gasteiger partial charge in [-0.2, -0.15) is 0 Å². The Morgan fingerprint density at radius 2 is 1.60 bits per heavy atom. The van der Waals surface area contributed by atoms with Crippen molar-refractivity contribution in [2.75, 3.05) is 32.7 Å². The van der Waals surface area contributed by atoms with Crippen molar-refractivity contribution >= 4 is 24.2 Å².